The first-order valence-electron chi connectivity index (χ1n) is 5.80. The molecule has 20 heavy (non-hydrogen) atoms. The summed E-state index contributed by atoms with van der Waals surface area (Å²) in [6, 6.07) is 4.42. The standard InChI is InChI=1S/C12H15N3O5/c1-8(11(16)17)14(2)12(18)13-7-9-5-3-4-6-10(9)15(19)20/h3-6,8H,7H2,1-2H3,(H,13,18)(H,16,17). The summed E-state index contributed by atoms with van der Waals surface area (Å²) in [7, 11) is 1.34. The Morgan fingerprint density at radius 1 is 1.45 bits per heavy atom. The van der Waals surface area contributed by atoms with E-state index in [0.717, 1.165) is 4.90 Å². The van der Waals surface area contributed by atoms with Gasteiger partial charge in [0.25, 0.3) is 5.69 Å². The number of nitrogens with zero attached hydrogens (tertiary/aromatic N) is 2. The summed E-state index contributed by atoms with van der Waals surface area (Å²) in [5.74, 6) is -1.13. The number of benzene rings is 1. The second kappa shape index (κ2) is 6.50. The summed E-state index contributed by atoms with van der Waals surface area (Å²) in [6.45, 7) is 1.32. The van der Waals surface area contributed by atoms with Crippen molar-refractivity contribution in [3.8, 4) is 0 Å². The van der Waals surface area contributed by atoms with Gasteiger partial charge in [-0.1, -0.05) is 18.2 Å². The molecule has 2 N–H and O–H groups in total. The minimum Gasteiger partial charge on any atom is -0.480 e. The van der Waals surface area contributed by atoms with Crippen LogP contribution >= 0.6 is 0 Å². The fraction of sp³-hybridized carbons (Fsp3) is 0.333. The monoisotopic (exact) mass is 281 g/mol. The van der Waals surface area contributed by atoms with Crippen LogP contribution in [0, 0.1) is 10.1 Å². The van der Waals surface area contributed by atoms with Crippen LogP contribution in [0.15, 0.2) is 24.3 Å². The van der Waals surface area contributed by atoms with Gasteiger partial charge in [0.15, 0.2) is 0 Å². The van der Waals surface area contributed by atoms with E-state index in [2.05, 4.69) is 5.32 Å². The Bertz CT molecular complexity index is 532. The van der Waals surface area contributed by atoms with E-state index in [1.165, 1.54) is 32.2 Å². The van der Waals surface area contributed by atoms with E-state index in [9.17, 15) is 19.7 Å². The summed E-state index contributed by atoms with van der Waals surface area (Å²) in [4.78, 5) is 33.8. The van der Waals surface area contributed by atoms with Crippen LogP contribution in [0.2, 0.25) is 0 Å². The number of nitro benzene ring substituents is 1. The van der Waals surface area contributed by atoms with Crippen molar-refractivity contribution in [2.45, 2.75) is 19.5 Å². The highest BCUT2D eigenvalue weighted by Crippen LogP contribution is 2.17. The molecule has 0 radical (unpaired) electrons. The number of aliphatic carboxylic acids is 1. The van der Waals surface area contributed by atoms with E-state index in [-0.39, 0.29) is 12.2 Å². The lowest BCUT2D eigenvalue weighted by Crippen LogP contribution is -2.45. The maximum Gasteiger partial charge on any atom is 0.326 e. The molecule has 1 aromatic carbocycles. The predicted octanol–water partition coefficient (Wildman–Crippen LogP) is 1.21. The highest BCUT2D eigenvalue weighted by atomic mass is 16.6. The number of carboxylic acids is 1. The molecule has 0 saturated heterocycles. The third-order valence-corrected chi connectivity index (χ3v) is 2.88. The van der Waals surface area contributed by atoms with Gasteiger partial charge in [-0.25, -0.2) is 9.59 Å². The molecule has 1 rings (SSSR count). The minimum atomic E-state index is -1.13. The Balaban J connectivity index is 2.71. The first-order valence-corrected chi connectivity index (χ1v) is 5.80. The maximum absolute atomic E-state index is 11.7. The van der Waals surface area contributed by atoms with Crippen molar-refractivity contribution < 1.29 is 19.6 Å². The molecule has 0 spiro atoms. The molecule has 0 saturated carbocycles. The quantitative estimate of drug-likeness (QED) is 0.622. The number of carbonyl (C=O) groups excluding carboxylic acids is 1. The average Bonchev–Trinajstić information content (AvgIpc) is 2.43. The Morgan fingerprint density at radius 2 is 2.05 bits per heavy atom. The maximum atomic E-state index is 11.7. The Hall–Kier alpha value is -2.64. The molecule has 0 aliphatic heterocycles. The van der Waals surface area contributed by atoms with Crippen molar-refractivity contribution in [2.24, 2.45) is 0 Å². The van der Waals surface area contributed by atoms with Crippen LogP contribution in [0.25, 0.3) is 0 Å². The van der Waals surface area contributed by atoms with E-state index in [0.29, 0.717) is 5.56 Å². The van der Waals surface area contributed by atoms with Gasteiger partial charge in [0.1, 0.15) is 6.04 Å². The number of hydrogen-bond donors (Lipinski definition) is 2. The van der Waals surface area contributed by atoms with Gasteiger partial charge < -0.3 is 15.3 Å². The third kappa shape index (κ3) is 3.67. The molecular weight excluding hydrogens is 266 g/mol. The molecule has 0 fully saturated rings. The summed E-state index contributed by atoms with van der Waals surface area (Å²) in [5, 5.41) is 22.0. The number of rotatable bonds is 5. The van der Waals surface area contributed by atoms with Crippen molar-refractivity contribution in [2.75, 3.05) is 7.05 Å². The molecule has 0 bridgehead atoms. The first-order chi connectivity index (χ1) is 9.34. The van der Waals surface area contributed by atoms with Crippen LogP contribution in [0.5, 0.6) is 0 Å². The van der Waals surface area contributed by atoms with E-state index < -0.39 is 23.0 Å². The number of amides is 2. The molecule has 8 nitrogen and oxygen atoms in total. The normalized spacial score (nSPS) is 11.5. The smallest absolute Gasteiger partial charge is 0.326 e. The fourth-order valence-electron chi connectivity index (χ4n) is 1.48. The molecule has 1 unspecified atom stereocenters. The van der Waals surface area contributed by atoms with Gasteiger partial charge in [-0.3, -0.25) is 10.1 Å². The van der Waals surface area contributed by atoms with Gasteiger partial charge in [0.05, 0.1) is 11.5 Å². The Labute approximate surface area is 115 Å². The Morgan fingerprint density at radius 3 is 2.60 bits per heavy atom. The summed E-state index contributed by atoms with van der Waals surface area (Å²) >= 11 is 0. The van der Waals surface area contributed by atoms with Gasteiger partial charge in [0.2, 0.25) is 0 Å². The van der Waals surface area contributed by atoms with Gasteiger partial charge in [-0.15, -0.1) is 0 Å². The summed E-state index contributed by atoms with van der Waals surface area (Å²) < 4.78 is 0. The minimum absolute atomic E-state index is 0.0489. The molecule has 108 valence electrons. The van der Waals surface area contributed by atoms with E-state index >= 15 is 0 Å². The Kier molecular flexibility index (Phi) is 5.01. The lowest BCUT2D eigenvalue weighted by molar-refractivity contribution is -0.385. The molecule has 1 atom stereocenters. The van der Waals surface area contributed by atoms with Crippen molar-refractivity contribution in [1.82, 2.24) is 10.2 Å². The van der Waals surface area contributed by atoms with Crippen molar-refractivity contribution in [3.63, 3.8) is 0 Å². The zero-order valence-corrected chi connectivity index (χ0v) is 11.1. The second-order valence-corrected chi connectivity index (χ2v) is 4.17. The number of urea groups is 1. The summed E-state index contributed by atoms with van der Waals surface area (Å²) in [5.41, 5.74) is 0.254. The molecule has 1 aromatic rings. The van der Waals surface area contributed by atoms with Gasteiger partial charge in [-0.2, -0.15) is 0 Å². The lowest BCUT2D eigenvalue weighted by Gasteiger charge is -2.21. The number of carboxylic acid groups (broad SMARTS) is 1. The zero-order chi connectivity index (χ0) is 15.3. The van der Waals surface area contributed by atoms with Crippen LogP contribution < -0.4 is 5.32 Å². The zero-order valence-electron chi connectivity index (χ0n) is 11.1. The van der Waals surface area contributed by atoms with Gasteiger partial charge in [0, 0.05) is 18.7 Å². The lowest BCUT2D eigenvalue weighted by atomic mass is 10.2. The SMILES string of the molecule is CC(C(=O)O)N(C)C(=O)NCc1ccccc1[N+](=O)[O-]. The highest BCUT2D eigenvalue weighted by molar-refractivity contribution is 5.82. The molecule has 0 heterocycles. The van der Waals surface area contributed by atoms with E-state index in [1.807, 2.05) is 0 Å². The molecule has 0 aliphatic rings. The van der Waals surface area contributed by atoms with Crippen molar-refractivity contribution in [3.05, 3.63) is 39.9 Å². The molecular formula is C12H15N3O5. The number of hydrogen-bond acceptors (Lipinski definition) is 4. The second-order valence-electron chi connectivity index (χ2n) is 4.17. The van der Waals surface area contributed by atoms with Gasteiger partial charge in [-0.05, 0) is 6.92 Å². The topological polar surface area (TPSA) is 113 Å². The van der Waals surface area contributed by atoms with Crippen molar-refractivity contribution >= 4 is 17.7 Å². The first kappa shape index (κ1) is 15.4. The van der Waals surface area contributed by atoms with Crippen molar-refractivity contribution in [1.29, 1.82) is 0 Å². The van der Waals surface area contributed by atoms with Crippen LogP contribution in [0.1, 0.15) is 12.5 Å². The van der Waals surface area contributed by atoms with Gasteiger partial charge >= 0.3 is 12.0 Å². The van der Waals surface area contributed by atoms with Crippen LogP contribution in [0.4, 0.5) is 10.5 Å². The number of para-hydroxylation sites is 1. The summed E-state index contributed by atoms with van der Waals surface area (Å²) in [6.07, 6.45) is 0. The number of likely N-dealkylation sites (N-methyl/N-ethyl adjacent to an activating group) is 1. The van der Waals surface area contributed by atoms with Crippen LogP contribution in [-0.4, -0.2) is 40.0 Å². The average molecular weight is 281 g/mol. The predicted molar refractivity (Wildman–Crippen MR) is 70.2 cm³/mol. The molecule has 0 aliphatic carbocycles. The largest absolute Gasteiger partial charge is 0.480 e. The van der Waals surface area contributed by atoms with Crippen LogP contribution in [0.3, 0.4) is 0 Å². The van der Waals surface area contributed by atoms with Crippen LogP contribution in [-0.2, 0) is 11.3 Å². The molecule has 8 heteroatoms. The molecule has 2 amide bonds. The number of nitrogens with one attached hydrogen (secondary N) is 1. The third-order valence-electron chi connectivity index (χ3n) is 2.88. The van der Waals surface area contributed by atoms with E-state index in [4.69, 9.17) is 5.11 Å². The van der Waals surface area contributed by atoms with E-state index in [1.54, 1.807) is 6.07 Å². The number of nitro groups is 1. The fourth-order valence-corrected chi connectivity index (χ4v) is 1.48. The number of carbonyl (C=O) groups is 2. The molecule has 0 aromatic heterocycles. The highest BCUT2D eigenvalue weighted by Gasteiger charge is 2.22.